The van der Waals surface area contributed by atoms with Crippen LogP contribution in [0.15, 0.2) is 24.5 Å². The van der Waals surface area contributed by atoms with Crippen molar-refractivity contribution >= 4 is 12.2 Å². The molecule has 1 unspecified atom stereocenters. The topological polar surface area (TPSA) is 46.5 Å². The summed E-state index contributed by atoms with van der Waals surface area (Å²) in [6.45, 7) is 3.23. The van der Waals surface area contributed by atoms with Gasteiger partial charge in [0.2, 0.25) is 0 Å². The van der Waals surface area contributed by atoms with Crippen LogP contribution in [-0.2, 0) is 6.54 Å². The lowest BCUT2D eigenvalue weighted by atomic mass is 10.1. The van der Waals surface area contributed by atoms with Gasteiger partial charge in [-0.2, -0.15) is 5.10 Å². The van der Waals surface area contributed by atoms with Crippen molar-refractivity contribution in [3.8, 4) is 11.4 Å². The number of nitrogens with zero attached hydrogens (tertiary/aromatic N) is 3. The minimum atomic E-state index is 0.657. The number of aromatic amines is 1. The zero-order valence-electron chi connectivity index (χ0n) is 10.3. The summed E-state index contributed by atoms with van der Waals surface area (Å²) >= 11 is 5.32. The van der Waals surface area contributed by atoms with Crippen molar-refractivity contribution in [1.82, 2.24) is 19.7 Å². The van der Waals surface area contributed by atoms with E-state index in [-0.39, 0.29) is 0 Å². The van der Waals surface area contributed by atoms with Crippen molar-refractivity contribution < 1.29 is 0 Å². The van der Waals surface area contributed by atoms with Gasteiger partial charge in [-0.25, -0.2) is 0 Å². The van der Waals surface area contributed by atoms with E-state index in [9.17, 15) is 0 Å². The zero-order valence-corrected chi connectivity index (χ0v) is 11.2. The third kappa shape index (κ3) is 2.22. The zero-order chi connectivity index (χ0) is 12.5. The molecule has 0 bridgehead atoms. The van der Waals surface area contributed by atoms with Gasteiger partial charge < -0.3 is 0 Å². The van der Waals surface area contributed by atoms with Crippen LogP contribution in [-0.4, -0.2) is 19.7 Å². The number of hydrogen-bond acceptors (Lipinski definition) is 3. The van der Waals surface area contributed by atoms with Crippen molar-refractivity contribution in [2.75, 3.05) is 0 Å². The van der Waals surface area contributed by atoms with E-state index >= 15 is 0 Å². The molecule has 1 N–H and O–H groups in total. The Kier molecular flexibility index (Phi) is 2.99. The van der Waals surface area contributed by atoms with Gasteiger partial charge in [-0.05, 0) is 49.0 Å². The van der Waals surface area contributed by atoms with E-state index in [4.69, 9.17) is 12.2 Å². The van der Waals surface area contributed by atoms with Crippen LogP contribution >= 0.6 is 12.2 Å². The van der Waals surface area contributed by atoms with E-state index in [2.05, 4.69) is 26.7 Å². The average molecular weight is 260 g/mol. The summed E-state index contributed by atoms with van der Waals surface area (Å²) in [6, 6.07) is 3.93. The number of pyridine rings is 1. The molecule has 1 fully saturated rings. The van der Waals surface area contributed by atoms with E-state index < -0.39 is 0 Å². The summed E-state index contributed by atoms with van der Waals surface area (Å²) < 4.78 is 2.79. The Labute approximate surface area is 111 Å². The van der Waals surface area contributed by atoms with E-state index in [0.717, 1.165) is 23.9 Å². The fourth-order valence-corrected chi connectivity index (χ4v) is 2.51. The molecule has 0 spiro atoms. The maximum atomic E-state index is 5.32. The van der Waals surface area contributed by atoms with Crippen LogP contribution in [0.2, 0.25) is 0 Å². The summed E-state index contributed by atoms with van der Waals surface area (Å²) in [6.07, 6.45) is 6.30. The van der Waals surface area contributed by atoms with Gasteiger partial charge >= 0.3 is 0 Å². The SMILES string of the molecule is CC(Cn1c(-c2cccnc2)n[nH]c1=S)C1CC1. The molecular formula is C13H16N4S. The first kappa shape index (κ1) is 11.6. The van der Waals surface area contributed by atoms with Gasteiger partial charge in [0, 0.05) is 24.5 Å². The van der Waals surface area contributed by atoms with E-state index in [1.807, 2.05) is 18.3 Å². The average Bonchev–Trinajstić information content (AvgIpc) is 3.18. The summed E-state index contributed by atoms with van der Waals surface area (Å²) in [5.41, 5.74) is 1.01. The lowest BCUT2D eigenvalue weighted by Gasteiger charge is -2.12. The summed E-state index contributed by atoms with van der Waals surface area (Å²) in [4.78, 5) is 4.14. The molecule has 0 saturated heterocycles. The fraction of sp³-hybridized carbons (Fsp3) is 0.462. The van der Waals surface area contributed by atoms with Crippen LogP contribution in [0.5, 0.6) is 0 Å². The van der Waals surface area contributed by atoms with Gasteiger partial charge in [0.1, 0.15) is 0 Å². The molecule has 3 rings (SSSR count). The molecule has 2 heterocycles. The van der Waals surface area contributed by atoms with Crippen LogP contribution in [0.25, 0.3) is 11.4 Å². The highest BCUT2D eigenvalue weighted by Gasteiger charge is 2.28. The summed E-state index contributed by atoms with van der Waals surface area (Å²) in [5.74, 6) is 2.41. The summed E-state index contributed by atoms with van der Waals surface area (Å²) in [7, 11) is 0. The number of H-pyrrole nitrogens is 1. The molecule has 2 aromatic heterocycles. The van der Waals surface area contributed by atoms with Gasteiger partial charge in [-0.15, -0.1) is 0 Å². The summed E-state index contributed by atoms with van der Waals surface area (Å²) in [5, 5.41) is 7.21. The predicted molar refractivity (Wildman–Crippen MR) is 72.5 cm³/mol. The van der Waals surface area contributed by atoms with Crippen molar-refractivity contribution in [2.24, 2.45) is 11.8 Å². The second-order valence-electron chi connectivity index (χ2n) is 5.02. The Morgan fingerprint density at radius 1 is 1.56 bits per heavy atom. The fourth-order valence-electron chi connectivity index (χ4n) is 2.30. The molecule has 1 saturated carbocycles. The van der Waals surface area contributed by atoms with Gasteiger partial charge in [0.25, 0.3) is 0 Å². The van der Waals surface area contributed by atoms with E-state index in [1.54, 1.807) is 6.20 Å². The minimum Gasteiger partial charge on any atom is -0.300 e. The van der Waals surface area contributed by atoms with Gasteiger partial charge in [-0.1, -0.05) is 6.92 Å². The highest BCUT2D eigenvalue weighted by Crippen LogP contribution is 2.37. The van der Waals surface area contributed by atoms with E-state index in [1.165, 1.54) is 12.8 Å². The van der Waals surface area contributed by atoms with Gasteiger partial charge in [-0.3, -0.25) is 14.6 Å². The first-order chi connectivity index (χ1) is 8.75. The molecule has 94 valence electrons. The molecule has 4 nitrogen and oxygen atoms in total. The Bertz CT molecular complexity index is 583. The van der Waals surface area contributed by atoms with Crippen LogP contribution in [0, 0.1) is 16.6 Å². The molecule has 18 heavy (non-hydrogen) atoms. The maximum Gasteiger partial charge on any atom is 0.195 e. The Balaban J connectivity index is 1.93. The standard InChI is InChI=1S/C13H16N4S/c1-9(10-4-5-10)8-17-12(15-16-13(17)18)11-3-2-6-14-7-11/h2-3,6-7,9-10H,4-5,8H2,1H3,(H,16,18). The number of aromatic nitrogens is 4. The Hall–Kier alpha value is -1.49. The van der Waals surface area contributed by atoms with Crippen molar-refractivity contribution in [1.29, 1.82) is 0 Å². The molecule has 1 aliphatic carbocycles. The first-order valence-corrected chi connectivity index (χ1v) is 6.72. The second-order valence-corrected chi connectivity index (χ2v) is 5.41. The third-order valence-corrected chi connectivity index (χ3v) is 3.89. The highest BCUT2D eigenvalue weighted by molar-refractivity contribution is 7.71. The molecular weight excluding hydrogens is 244 g/mol. The predicted octanol–water partition coefficient (Wildman–Crippen LogP) is 3.05. The van der Waals surface area contributed by atoms with Gasteiger partial charge in [0.05, 0.1) is 0 Å². The molecule has 1 aliphatic rings. The normalized spacial score (nSPS) is 16.7. The second kappa shape index (κ2) is 4.65. The molecule has 5 heteroatoms. The van der Waals surface area contributed by atoms with Crippen molar-refractivity contribution in [2.45, 2.75) is 26.3 Å². The number of nitrogens with one attached hydrogen (secondary N) is 1. The van der Waals surface area contributed by atoms with Crippen LogP contribution in [0.1, 0.15) is 19.8 Å². The maximum absolute atomic E-state index is 5.32. The molecule has 0 radical (unpaired) electrons. The van der Waals surface area contributed by atoms with Crippen LogP contribution < -0.4 is 0 Å². The smallest absolute Gasteiger partial charge is 0.195 e. The minimum absolute atomic E-state index is 0.657. The van der Waals surface area contributed by atoms with Crippen LogP contribution in [0.3, 0.4) is 0 Å². The quantitative estimate of drug-likeness (QED) is 0.859. The van der Waals surface area contributed by atoms with E-state index in [0.29, 0.717) is 10.7 Å². The molecule has 0 aromatic carbocycles. The van der Waals surface area contributed by atoms with Gasteiger partial charge in [0.15, 0.2) is 10.6 Å². The number of hydrogen-bond donors (Lipinski definition) is 1. The van der Waals surface area contributed by atoms with Crippen molar-refractivity contribution in [3.05, 3.63) is 29.3 Å². The third-order valence-electron chi connectivity index (χ3n) is 3.58. The lowest BCUT2D eigenvalue weighted by molar-refractivity contribution is 0.429. The highest BCUT2D eigenvalue weighted by atomic mass is 32.1. The van der Waals surface area contributed by atoms with Crippen molar-refractivity contribution in [3.63, 3.8) is 0 Å². The Morgan fingerprint density at radius 3 is 3.06 bits per heavy atom. The monoisotopic (exact) mass is 260 g/mol. The molecule has 1 atom stereocenters. The largest absolute Gasteiger partial charge is 0.300 e. The molecule has 0 aliphatic heterocycles. The number of rotatable bonds is 4. The molecule has 0 amide bonds. The Morgan fingerprint density at radius 2 is 2.39 bits per heavy atom. The first-order valence-electron chi connectivity index (χ1n) is 6.31. The molecule has 2 aromatic rings. The van der Waals surface area contributed by atoms with Crippen LogP contribution in [0.4, 0.5) is 0 Å². The lowest BCUT2D eigenvalue weighted by Crippen LogP contribution is -2.10.